The maximum Gasteiger partial charge on any atom is 0.335 e. The fourth-order valence-corrected chi connectivity index (χ4v) is 2.48. The molecule has 0 spiro atoms. The average molecular weight is 391 g/mol. The third kappa shape index (κ3) is 5.38. The van der Waals surface area contributed by atoms with Crippen molar-refractivity contribution in [3.63, 3.8) is 0 Å². The zero-order chi connectivity index (χ0) is 14.0. The summed E-state index contributed by atoms with van der Waals surface area (Å²) in [6, 6.07) is 5.54. The number of hydrogen-bond donors (Lipinski definition) is 2. The van der Waals surface area contributed by atoms with E-state index in [-0.39, 0.29) is 53.5 Å². The van der Waals surface area contributed by atoms with Crippen molar-refractivity contribution in [2.75, 3.05) is 4.72 Å². The molecular formula is C11H14Cl3N3O4S. The summed E-state index contributed by atoms with van der Waals surface area (Å²) in [6.45, 7) is 0. The molecule has 11 heteroatoms. The van der Waals surface area contributed by atoms with E-state index in [0.717, 1.165) is 0 Å². The summed E-state index contributed by atoms with van der Waals surface area (Å²) in [7, 11) is -2.16. The number of aryl methyl sites for hydroxylation is 1. The predicted octanol–water partition coefficient (Wildman–Crippen LogP) is 2.18. The first-order chi connectivity index (χ1) is 8.88. The molecule has 0 saturated carbocycles. The monoisotopic (exact) mass is 389 g/mol. The lowest BCUT2D eigenvalue weighted by molar-refractivity contribution is 0.0697. The molecule has 2 N–H and O–H groups in total. The number of benzene rings is 1. The molecule has 124 valence electrons. The van der Waals surface area contributed by atoms with Crippen LogP contribution in [0.15, 0.2) is 41.8 Å². The molecule has 0 aliphatic carbocycles. The van der Waals surface area contributed by atoms with Crippen LogP contribution in [0.3, 0.4) is 0 Å². The van der Waals surface area contributed by atoms with Crippen molar-refractivity contribution in [3.8, 4) is 0 Å². The minimum Gasteiger partial charge on any atom is -0.478 e. The van der Waals surface area contributed by atoms with Crippen molar-refractivity contribution in [2.24, 2.45) is 7.05 Å². The van der Waals surface area contributed by atoms with Gasteiger partial charge in [0, 0.05) is 18.9 Å². The van der Waals surface area contributed by atoms with Crippen molar-refractivity contribution in [2.45, 2.75) is 5.03 Å². The molecule has 7 nitrogen and oxygen atoms in total. The van der Waals surface area contributed by atoms with Crippen LogP contribution in [0.25, 0.3) is 0 Å². The Labute approximate surface area is 146 Å². The highest BCUT2D eigenvalue weighted by Gasteiger charge is 2.17. The van der Waals surface area contributed by atoms with Gasteiger partial charge in [-0.05, 0) is 18.2 Å². The molecule has 0 radical (unpaired) electrons. The van der Waals surface area contributed by atoms with Crippen LogP contribution < -0.4 is 4.72 Å². The molecule has 2 rings (SSSR count). The van der Waals surface area contributed by atoms with Crippen LogP contribution in [-0.2, 0) is 17.1 Å². The van der Waals surface area contributed by atoms with Crippen LogP contribution in [0.2, 0.25) is 0 Å². The standard InChI is InChI=1S/C11H11N3O4S.3ClH/c1-14-6-10(12-7-14)19(17,18)13-9-4-2-3-8(5-9)11(15)16;;;/h2-7,13H,1H3,(H,15,16);3*1H. The zero-order valence-corrected chi connectivity index (χ0v) is 14.4. The van der Waals surface area contributed by atoms with Gasteiger partial charge >= 0.3 is 5.97 Å². The highest BCUT2D eigenvalue weighted by molar-refractivity contribution is 7.92. The lowest BCUT2D eigenvalue weighted by Crippen LogP contribution is -2.13. The third-order valence-electron chi connectivity index (χ3n) is 2.32. The maximum absolute atomic E-state index is 12.0. The largest absolute Gasteiger partial charge is 0.478 e. The highest BCUT2D eigenvalue weighted by atomic mass is 35.5. The van der Waals surface area contributed by atoms with E-state index in [1.165, 1.54) is 41.4 Å². The molecule has 1 aromatic carbocycles. The van der Waals surface area contributed by atoms with E-state index in [1.807, 2.05) is 0 Å². The molecule has 0 bridgehead atoms. The van der Waals surface area contributed by atoms with E-state index in [9.17, 15) is 13.2 Å². The van der Waals surface area contributed by atoms with Crippen LogP contribution in [0, 0.1) is 0 Å². The first-order valence-corrected chi connectivity index (χ1v) is 6.71. The van der Waals surface area contributed by atoms with E-state index < -0.39 is 16.0 Å². The van der Waals surface area contributed by atoms with E-state index in [1.54, 1.807) is 7.05 Å². The minimum absolute atomic E-state index is 0. The van der Waals surface area contributed by atoms with Gasteiger partial charge in [0.15, 0.2) is 5.03 Å². The lowest BCUT2D eigenvalue weighted by Gasteiger charge is -2.06. The molecular weight excluding hydrogens is 377 g/mol. The summed E-state index contributed by atoms with van der Waals surface area (Å²) >= 11 is 0. The zero-order valence-electron chi connectivity index (χ0n) is 11.2. The number of sulfonamides is 1. The molecule has 22 heavy (non-hydrogen) atoms. The van der Waals surface area contributed by atoms with E-state index in [0.29, 0.717) is 0 Å². The number of carboxylic acids is 1. The number of aromatic carboxylic acids is 1. The number of aromatic nitrogens is 2. The molecule has 0 amide bonds. The third-order valence-corrected chi connectivity index (χ3v) is 3.58. The number of anilines is 1. The molecule has 1 aromatic heterocycles. The Bertz CT molecular complexity index is 734. The van der Waals surface area contributed by atoms with Crippen molar-refractivity contribution in [1.29, 1.82) is 0 Å². The number of imidazole rings is 1. The summed E-state index contributed by atoms with van der Waals surface area (Å²) < 4.78 is 27.7. The number of carbonyl (C=O) groups is 1. The Hall–Kier alpha value is -1.48. The average Bonchev–Trinajstić information content (AvgIpc) is 2.76. The molecule has 2 aromatic rings. The molecule has 0 saturated heterocycles. The molecule has 1 heterocycles. The maximum atomic E-state index is 12.0. The Morgan fingerprint density at radius 1 is 1.27 bits per heavy atom. The smallest absolute Gasteiger partial charge is 0.335 e. The first-order valence-electron chi connectivity index (χ1n) is 5.22. The second kappa shape index (κ2) is 8.84. The Morgan fingerprint density at radius 3 is 2.41 bits per heavy atom. The topological polar surface area (TPSA) is 101 Å². The summed E-state index contributed by atoms with van der Waals surface area (Å²) in [4.78, 5) is 14.5. The predicted molar refractivity (Wildman–Crippen MR) is 89.2 cm³/mol. The summed E-state index contributed by atoms with van der Waals surface area (Å²) in [5.74, 6) is -1.13. The van der Waals surface area contributed by atoms with Gasteiger partial charge in [-0.3, -0.25) is 4.72 Å². The van der Waals surface area contributed by atoms with E-state index in [4.69, 9.17) is 5.11 Å². The highest BCUT2D eigenvalue weighted by Crippen LogP contribution is 2.15. The minimum atomic E-state index is -3.81. The fraction of sp³-hybridized carbons (Fsp3) is 0.0909. The van der Waals surface area contributed by atoms with E-state index >= 15 is 0 Å². The molecule has 0 aliphatic heterocycles. The van der Waals surface area contributed by atoms with Crippen LogP contribution >= 0.6 is 37.2 Å². The van der Waals surface area contributed by atoms with Gasteiger partial charge in [0.2, 0.25) is 0 Å². The Balaban J connectivity index is 0. The number of nitrogens with zero attached hydrogens (tertiary/aromatic N) is 2. The van der Waals surface area contributed by atoms with Gasteiger partial charge in [0.1, 0.15) is 0 Å². The van der Waals surface area contributed by atoms with E-state index in [2.05, 4.69) is 9.71 Å². The number of halogens is 3. The summed E-state index contributed by atoms with van der Waals surface area (Å²) in [6.07, 6.45) is 2.71. The second-order valence-electron chi connectivity index (χ2n) is 3.87. The van der Waals surface area contributed by atoms with Crippen molar-refractivity contribution in [3.05, 3.63) is 42.4 Å². The summed E-state index contributed by atoms with van der Waals surface area (Å²) in [5.41, 5.74) is 0.173. The number of rotatable bonds is 4. The van der Waals surface area contributed by atoms with Gasteiger partial charge in [-0.1, -0.05) is 6.07 Å². The van der Waals surface area contributed by atoms with Crippen molar-refractivity contribution in [1.82, 2.24) is 9.55 Å². The lowest BCUT2D eigenvalue weighted by atomic mass is 10.2. The summed E-state index contributed by atoms with van der Waals surface area (Å²) in [5, 5.41) is 8.71. The fourth-order valence-electron chi connectivity index (χ4n) is 1.45. The number of carboxylic acid groups (broad SMARTS) is 1. The van der Waals surface area contributed by atoms with Gasteiger partial charge in [0.25, 0.3) is 10.0 Å². The Kier molecular flexibility index (Phi) is 9.16. The molecule has 0 aliphatic rings. The van der Waals surface area contributed by atoms with Gasteiger partial charge < -0.3 is 9.67 Å². The normalized spacial score (nSPS) is 9.68. The molecule has 0 unspecified atom stereocenters. The second-order valence-corrected chi connectivity index (χ2v) is 5.50. The van der Waals surface area contributed by atoms with Crippen LogP contribution in [-0.4, -0.2) is 29.0 Å². The number of nitrogens with one attached hydrogen (secondary N) is 1. The van der Waals surface area contributed by atoms with Gasteiger partial charge in [-0.15, -0.1) is 37.2 Å². The van der Waals surface area contributed by atoms with Gasteiger partial charge in [-0.25, -0.2) is 9.78 Å². The van der Waals surface area contributed by atoms with Gasteiger partial charge in [-0.2, -0.15) is 8.42 Å². The number of hydrogen-bond acceptors (Lipinski definition) is 4. The SMILES string of the molecule is Cl.Cl.Cl.Cn1cnc(S(=O)(=O)Nc2cccc(C(=O)O)c2)c1. The van der Waals surface area contributed by atoms with Crippen molar-refractivity contribution < 1.29 is 18.3 Å². The first kappa shape index (κ1) is 22.8. The Morgan fingerprint density at radius 2 is 1.91 bits per heavy atom. The quantitative estimate of drug-likeness (QED) is 0.833. The van der Waals surface area contributed by atoms with Crippen LogP contribution in [0.1, 0.15) is 10.4 Å². The van der Waals surface area contributed by atoms with Crippen LogP contribution in [0.5, 0.6) is 0 Å². The van der Waals surface area contributed by atoms with Crippen molar-refractivity contribution >= 4 is 58.9 Å². The molecule has 0 atom stereocenters. The van der Waals surface area contributed by atoms with Gasteiger partial charge in [0.05, 0.1) is 11.9 Å². The van der Waals surface area contributed by atoms with Crippen LogP contribution in [0.4, 0.5) is 5.69 Å². The molecule has 0 fully saturated rings.